The van der Waals surface area contributed by atoms with Crippen molar-refractivity contribution in [1.29, 1.82) is 0 Å². The largest absolute Gasteiger partial charge is 0.261 e. The van der Waals surface area contributed by atoms with Gasteiger partial charge in [0.25, 0.3) is 10.0 Å². The van der Waals surface area contributed by atoms with E-state index in [4.69, 9.17) is 23.2 Å². The van der Waals surface area contributed by atoms with E-state index in [9.17, 15) is 8.42 Å². The van der Waals surface area contributed by atoms with Gasteiger partial charge in [-0.05, 0) is 12.8 Å². The topological polar surface area (TPSA) is 55.2 Å². The van der Waals surface area contributed by atoms with Crippen molar-refractivity contribution >= 4 is 33.2 Å². The van der Waals surface area contributed by atoms with Crippen molar-refractivity contribution < 1.29 is 8.42 Å². The van der Waals surface area contributed by atoms with Crippen molar-refractivity contribution in [3.8, 4) is 0 Å². The van der Waals surface area contributed by atoms with Crippen molar-refractivity contribution in [3.63, 3.8) is 0 Å². The average Bonchev–Trinajstić information content (AvgIpc) is 2.59. The molecule has 0 N–H and O–H groups in total. The van der Waals surface area contributed by atoms with Gasteiger partial charge in [-0.2, -0.15) is 9.40 Å². The molecule has 1 aromatic heterocycles. The van der Waals surface area contributed by atoms with Gasteiger partial charge in [-0.3, -0.25) is 4.68 Å². The Balaban J connectivity index is 2.31. The number of aryl methyl sites for hydroxylation is 1. The molecule has 2 heterocycles. The molecule has 0 amide bonds. The molecule has 0 radical (unpaired) electrons. The van der Waals surface area contributed by atoms with Crippen molar-refractivity contribution in [2.75, 3.05) is 13.1 Å². The average molecular weight is 298 g/mol. The number of hydrogen-bond donors (Lipinski definition) is 0. The lowest BCUT2D eigenvalue weighted by Gasteiger charge is -2.28. The summed E-state index contributed by atoms with van der Waals surface area (Å²) in [6.45, 7) is 0.857. The summed E-state index contributed by atoms with van der Waals surface area (Å²) in [5.74, 6) is 0. The molecule has 17 heavy (non-hydrogen) atoms. The van der Waals surface area contributed by atoms with Crippen molar-refractivity contribution in [3.05, 3.63) is 11.2 Å². The Bertz CT molecular complexity index is 487. The number of halogens is 2. The highest BCUT2D eigenvalue weighted by atomic mass is 35.5. The molecule has 0 unspecified atom stereocenters. The molecule has 0 bridgehead atoms. The van der Waals surface area contributed by atoms with Crippen molar-refractivity contribution in [2.24, 2.45) is 7.05 Å². The zero-order chi connectivity index (χ0) is 12.6. The Hall–Kier alpha value is -0.300. The molecular formula is C9H13Cl2N3O2S. The maximum absolute atomic E-state index is 12.3. The van der Waals surface area contributed by atoms with Crippen LogP contribution in [-0.4, -0.2) is 41.0 Å². The molecule has 1 aliphatic heterocycles. The van der Waals surface area contributed by atoms with E-state index in [1.807, 2.05) is 0 Å². The highest BCUT2D eigenvalue weighted by molar-refractivity contribution is 7.89. The minimum absolute atomic E-state index is 0.0483. The number of rotatable bonds is 2. The summed E-state index contributed by atoms with van der Waals surface area (Å²) in [7, 11) is -2.00. The molecule has 0 atom stereocenters. The van der Waals surface area contributed by atoms with Crippen LogP contribution in [0.15, 0.2) is 11.2 Å². The highest BCUT2D eigenvalue weighted by Gasteiger charge is 2.32. The Morgan fingerprint density at radius 2 is 2.00 bits per heavy atom. The first-order valence-electron chi connectivity index (χ1n) is 5.24. The van der Waals surface area contributed by atoms with E-state index in [0.717, 1.165) is 0 Å². The summed E-state index contributed by atoms with van der Waals surface area (Å²) in [6.07, 6.45) is 2.66. The number of piperidine rings is 1. The molecule has 2 rings (SSSR count). The lowest BCUT2D eigenvalue weighted by Crippen LogP contribution is -2.39. The maximum atomic E-state index is 12.3. The van der Waals surface area contributed by atoms with Crippen LogP contribution in [0.25, 0.3) is 0 Å². The van der Waals surface area contributed by atoms with E-state index < -0.39 is 10.0 Å². The Labute approximate surface area is 110 Å². The van der Waals surface area contributed by atoms with Crippen LogP contribution in [0.2, 0.25) is 5.02 Å². The number of nitrogens with zero attached hydrogens (tertiary/aromatic N) is 3. The van der Waals surface area contributed by atoms with Gasteiger partial charge in [-0.25, -0.2) is 8.42 Å². The number of alkyl halides is 1. The summed E-state index contributed by atoms with van der Waals surface area (Å²) in [5.41, 5.74) is 0. The van der Waals surface area contributed by atoms with Crippen LogP contribution >= 0.6 is 23.2 Å². The van der Waals surface area contributed by atoms with Crippen LogP contribution in [0.1, 0.15) is 12.8 Å². The summed E-state index contributed by atoms with van der Waals surface area (Å²) in [5, 5.41) is 4.11. The maximum Gasteiger partial charge on any atom is 0.261 e. The molecule has 0 saturated carbocycles. The first kappa shape index (κ1) is 13.1. The number of sulfonamides is 1. The Morgan fingerprint density at radius 1 is 1.41 bits per heavy atom. The Morgan fingerprint density at radius 3 is 2.47 bits per heavy atom. The van der Waals surface area contributed by atoms with E-state index in [1.54, 1.807) is 7.05 Å². The minimum atomic E-state index is -3.56. The number of hydrogen-bond acceptors (Lipinski definition) is 3. The normalized spacial score (nSPS) is 19.7. The van der Waals surface area contributed by atoms with E-state index in [1.165, 1.54) is 15.2 Å². The van der Waals surface area contributed by atoms with Crippen molar-refractivity contribution in [1.82, 2.24) is 14.1 Å². The molecule has 8 heteroatoms. The Kier molecular flexibility index (Phi) is 3.68. The van der Waals surface area contributed by atoms with Gasteiger partial charge in [0.05, 0.1) is 11.2 Å². The summed E-state index contributed by atoms with van der Waals surface area (Å²) < 4.78 is 27.4. The zero-order valence-corrected chi connectivity index (χ0v) is 11.6. The number of aromatic nitrogens is 2. The first-order chi connectivity index (χ1) is 7.93. The molecule has 1 aromatic rings. The predicted molar refractivity (Wildman–Crippen MR) is 65.9 cm³/mol. The molecule has 5 nitrogen and oxygen atoms in total. The van der Waals surface area contributed by atoms with Crippen LogP contribution in [-0.2, 0) is 17.1 Å². The molecule has 0 aromatic carbocycles. The highest BCUT2D eigenvalue weighted by Crippen LogP contribution is 2.27. The fourth-order valence-corrected chi connectivity index (χ4v) is 4.15. The second kappa shape index (κ2) is 4.76. The summed E-state index contributed by atoms with van der Waals surface area (Å²) in [6, 6.07) is 0. The van der Waals surface area contributed by atoms with E-state index in [2.05, 4.69) is 5.10 Å². The zero-order valence-electron chi connectivity index (χ0n) is 9.31. The predicted octanol–water partition coefficient (Wildman–Crippen LogP) is 1.47. The summed E-state index contributed by atoms with van der Waals surface area (Å²) >= 11 is 11.8. The van der Waals surface area contributed by atoms with Crippen LogP contribution in [0.3, 0.4) is 0 Å². The molecule has 1 saturated heterocycles. The van der Waals surface area contributed by atoms with E-state index >= 15 is 0 Å². The first-order valence-corrected chi connectivity index (χ1v) is 7.50. The van der Waals surface area contributed by atoms with Gasteiger partial charge in [-0.15, -0.1) is 11.6 Å². The third-order valence-corrected chi connectivity index (χ3v) is 5.65. The van der Waals surface area contributed by atoms with Crippen LogP contribution in [0, 0.1) is 0 Å². The standard InChI is InChI=1S/C9H13Cl2N3O2S/c1-13-9(8(11)6-12-13)17(15,16)14-4-2-7(10)3-5-14/h6-7H,2-5H2,1H3. The molecule has 0 spiro atoms. The van der Waals surface area contributed by atoms with Gasteiger partial charge in [-0.1, -0.05) is 11.6 Å². The fourth-order valence-electron chi connectivity index (χ4n) is 1.88. The lowest BCUT2D eigenvalue weighted by atomic mass is 10.2. The minimum Gasteiger partial charge on any atom is -0.255 e. The SMILES string of the molecule is Cn1ncc(Cl)c1S(=O)(=O)N1CCC(Cl)CC1. The fraction of sp³-hybridized carbons (Fsp3) is 0.667. The monoisotopic (exact) mass is 297 g/mol. The molecular weight excluding hydrogens is 285 g/mol. The second-order valence-electron chi connectivity index (χ2n) is 4.00. The van der Waals surface area contributed by atoms with E-state index in [-0.39, 0.29) is 15.4 Å². The third-order valence-electron chi connectivity index (χ3n) is 2.81. The van der Waals surface area contributed by atoms with Gasteiger partial charge < -0.3 is 0 Å². The van der Waals surface area contributed by atoms with Gasteiger partial charge in [0.1, 0.15) is 0 Å². The van der Waals surface area contributed by atoms with Gasteiger partial charge in [0.2, 0.25) is 0 Å². The quantitative estimate of drug-likeness (QED) is 0.777. The van der Waals surface area contributed by atoms with Gasteiger partial charge >= 0.3 is 0 Å². The third kappa shape index (κ3) is 2.45. The van der Waals surface area contributed by atoms with Gasteiger partial charge in [0.15, 0.2) is 5.03 Å². The molecule has 1 fully saturated rings. The second-order valence-corrected chi connectivity index (χ2v) is 6.88. The lowest BCUT2D eigenvalue weighted by molar-refractivity contribution is 0.347. The summed E-state index contributed by atoms with van der Waals surface area (Å²) in [4.78, 5) is 0. The van der Waals surface area contributed by atoms with Crippen LogP contribution in [0.4, 0.5) is 0 Å². The molecule has 0 aliphatic carbocycles. The molecule has 96 valence electrons. The van der Waals surface area contributed by atoms with Crippen LogP contribution < -0.4 is 0 Å². The van der Waals surface area contributed by atoms with Crippen LogP contribution in [0.5, 0.6) is 0 Å². The van der Waals surface area contributed by atoms with Gasteiger partial charge in [0, 0.05) is 25.5 Å². The molecule has 1 aliphatic rings. The van der Waals surface area contributed by atoms with Crippen molar-refractivity contribution in [2.45, 2.75) is 23.2 Å². The van der Waals surface area contributed by atoms with E-state index in [0.29, 0.717) is 25.9 Å². The smallest absolute Gasteiger partial charge is 0.255 e.